The first-order valence-corrected chi connectivity index (χ1v) is 8.51. The van der Waals surface area contributed by atoms with Gasteiger partial charge in [0.05, 0.1) is 13.2 Å². The highest BCUT2D eigenvalue weighted by Crippen LogP contribution is 2.29. The predicted molar refractivity (Wildman–Crippen MR) is 94.4 cm³/mol. The third kappa shape index (κ3) is 4.73. The molecule has 0 saturated carbocycles. The fraction of sp³-hybridized carbons (Fsp3) is 0.400. The largest absolute Gasteiger partial charge is 0.493 e. The van der Waals surface area contributed by atoms with Crippen LogP contribution in [0.2, 0.25) is 0 Å². The van der Waals surface area contributed by atoms with Gasteiger partial charge in [0.15, 0.2) is 11.5 Å². The number of benzene rings is 2. The molecular weight excluding hydrogens is 302 g/mol. The molecule has 2 aromatic carbocycles. The highest BCUT2D eigenvalue weighted by atomic mass is 16.5. The molecule has 0 spiro atoms. The molecular formula is C20H25NO3. The Labute approximate surface area is 143 Å². The second-order valence-corrected chi connectivity index (χ2v) is 6.02. The van der Waals surface area contributed by atoms with Gasteiger partial charge in [0.1, 0.15) is 6.61 Å². The summed E-state index contributed by atoms with van der Waals surface area (Å²) in [7, 11) is 1.68. The van der Waals surface area contributed by atoms with E-state index in [0.29, 0.717) is 6.61 Å². The maximum atomic E-state index is 5.87. The van der Waals surface area contributed by atoms with Crippen LogP contribution in [0.3, 0.4) is 0 Å². The molecule has 1 unspecified atom stereocenters. The van der Waals surface area contributed by atoms with Crippen LogP contribution in [-0.2, 0) is 17.8 Å². The van der Waals surface area contributed by atoms with Crippen molar-refractivity contribution >= 4 is 0 Å². The van der Waals surface area contributed by atoms with Crippen LogP contribution in [0.1, 0.15) is 24.0 Å². The van der Waals surface area contributed by atoms with Gasteiger partial charge in [0.25, 0.3) is 0 Å². The quantitative estimate of drug-likeness (QED) is 0.805. The van der Waals surface area contributed by atoms with Crippen molar-refractivity contribution < 1.29 is 14.2 Å². The minimum atomic E-state index is 0.210. The number of hydrogen-bond acceptors (Lipinski definition) is 4. The van der Waals surface area contributed by atoms with Crippen molar-refractivity contribution in [3.05, 3.63) is 59.7 Å². The van der Waals surface area contributed by atoms with E-state index in [0.717, 1.165) is 44.0 Å². The highest BCUT2D eigenvalue weighted by molar-refractivity contribution is 5.43. The zero-order chi connectivity index (χ0) is 16.6. The molecule has 0 amide bonds. The Balaban J connectivity index is 1.52. The van der Waals surface area contributed by atoms with E-state index in [4.69, 9.17) is 14.2 Å². The molecule has 1 N–H and O–H groups in total. The van der Waals surface area contributed by atoms with E-state index in [9.17, 15) is 0 Å². The lowest BCUT2D eigenvalue weighted by Crippen LogP contribution is -2.16. The average Bonchev–Trinajstić information content (AvgIpc) is 3.15. The molecule has 128 valence electrons. The van der Waals surface area contributed by atoms with Crippen LogP contribution >= 0.6 is 0 Å². The predicted octanol–water partition coefficient (Wildman–Crippen LogP) is 3.54. The molecule has 1 aliphatic rings. The van der Waals surface area contributed by atoms with Gasteiger partial charge >= 0.3 is 0 Å². The first kappa shape index (κ1) is 16.8. The standard InChI is InChI=1S/C20H25NO3/c1-22-20-12-17(14-21-13-16-6-3-2-4-7-16)9-10-19(20)24-15-18-8-5-11-23-18/h2-4,6-7,9-10,12,18,21H,5,8,11,13-15H2,1H3. The van der Waals surface area contributed by atoms with Gasteiger partial charge in [-0.25, -0.2) is 0 Å². The molecule has 2 aromatic rings. The van der Waals surface area contributed by atoms with Crippen LogP contribution in [-0.4, -0.2) is 26.4 Å². The molecule has 3 rings (SSSR count). The van der Waals surface area contributed by atoms with Crippen molar-refractivity contribution in [3.63, 3.8) is 0 Å². The molecule has 0 bridgehead atoms. The molecule has 1 fully saturated rings. The molecule has 4 nitrogen and oxygen atoms in total. The molecule has 0 aliphatic carbocycles. The SMILES string of the molecule is COc1cc(CNCc2ccccc2)ccc1OCC1CCCO1. The monoisotopic (exact) mass is 327 g/mol. The zero-order valence-corrected chi connectivity index (χ0v) is 14.2. The third-order valence-corrected chi connectivity index (χ3v) is 4.18. The van der Waals surface area contributed by atoms with Crippen molar-refractivity contribution in [1.82, 2.24) is 5.32 Å². The summed E-state index contributed by atoms with van der Waals surface area (Å²) in [6.45, 7) is 3.07. The normalized spacial score (nSPS) is 17.0. The van der Waals surface area contributed by atoms with Gasteiger partial charge in [0.2, 0.25) is 0 Å². The highest BCUT2D eigenvalue weighted by Gasteiger charge is 2.17. The second-order valence-electron chi connectivity index (χ2n) is 6.02. The van der Waals surface area contributed by atoms with E-state index in [-0.39, 0.29) is 6.10 Å². The fourth-order valence-electron chi connectivity index (χ4n) is 2.85. The van der Waals surface area contributed by atoms with E-state index in [1.54, 1.807) is 7.11 Å². The smallest absolute Gasteiger partial charge is 0.161 e. The van der Waals surface area contributed by atoms with Gasteiger partial charge in [-0.15, -0.1) is 0 Å². The van der Waals surface area contributed by atoms with Crippen LogP contribution in [0.25, 0.3) is 0 Å². The van der Waals surface area contributed by atoms with Gasteiger partial charge < -0.3 is 19.5 Å². The van der Waals surface area contributed by atoms with Gasteiger partial charge in [-0.3, -0.25) is 0 Å². The van der Waals surface area contributed by atoms with E-state index >= 15 is 0 Å². The Bertz CT molecular complexity index is 624. The maximum absolute atomic E-state index is 5.87. The summed E-state index contributed by atoms with van der Waals surface area (Å²) in [5.74, 6) is 1.55. The Morgan fingerprint density at radius 3 is 2.62 bits per heavy atom. The summed E-state index contributed by atoms with van der Waals surface area (Å²) in [6, 6.07) is 16.5. The summed E-state index contributed by atoms with van der Waals surface area (Å²) in [4.78, 5) is 0. The van der Waals surface area contributed by atoms with Gasteiger partial charge in [0, 0.05) is 19.7 Å². The van der Waals surface area contributed by atoms with Gasteiger partial charge in [-0.1, -0.05) is 36.4 Å². The maximum Gasteiger partial charge on any atom is 0.161 e. The van der Waals surface area contributed by atoms with Crippen molar-refractivity contribution in [2.24, 2.45) is 0 Å². The third-order valence-electron chi connectivity index (χ3n) is 4.18. The summed E-state index contributed by atoms with van der Waals surface area (Å²) in [6.07, 6.45) is 2.41. The summed E-state index contributed by atoms with van der Waals surface area (Å²) in [5.41, 5.74) is 2.45. The molecule has 4 heteroatoms. The van der Waals surface area contributed by atoms with Crippen molar-refractivity contribution in [1.29, 1.82) is 0 Å². The minimum Gasteiger partial charge on any atom is -0.493 e. The first-order chi connectivity index (χ1) is 11.8. The summed E-state index contributed by atoms with van der Waals surface area (Å²) in [5, 5.41) is 3.45. The number of methoxy groups -OCH3 is 1. The Hall–Kier alpha value is -2.04. The number of rotatable bonds is 8. The zero-order valence-electron chi connectivity index (χ0n) is 14.2. The fourth-order valence-corrected chi connectivity index (χ4v) is 2.85. The number of hydrogen-bond donors (Lipinski definition) is 1. The molecule has 1 aliphatic heterocycles. The van der Waals surface area contributed by atoms with Crippen LogP contribution in [0, 0.1) is 0 Å². The summed E-state index contributed by atoms with van der Waals surface area (Å²) >= 11 is 0. The molecule has 1 atom stereocenters. The Kier molecular flexibility index (Phi) is 6.10. The molecule has 0 radical (unpaired) electrons. The van der Waals surface area contributed by atoms with Crippen LogP contribution in [0.5, 0.6) is 11.5 Å². The van der Waals surface area contributed by atoms with E-state index in [1.165, 1.54) is 11.1 Å². The first-order valence-electron chi connectivity index (χ1n) is 8.51. The van der Waals surface area contributed by atoms with Crippen LogP contribution in [0.4, 0.5) is 0 Å². The van der Waals surface area contributed by atoms with Crippen molar-refractivity contribution in [2.75, 3.05) is 20.3 Å². The topological polar surface area (TPSA) is 39.7 Å². The lowest BCUT2D eigenvalue weighted by atomic mass is 10.2. The Morgan fingerprint density at radius 2 is 1.88 bits per heavy atom. The van der Waals surface area contributed by atoms with E-state index in [1.807, 2.05) is 18.2 Å². The van der Waals surface area contributed by atoms with E-state index < -0.39 is 0 Å². The molecule has 1 heterocycles. The van der Waals surface area contributed by atoms with E-state index in [2.05, 4.69) is 35.6 Å². The molecule has 24 heavy (non-hydrogen) atoms. The molecule has 0 aromatic heterocycles. The van der Waals surface area contributed by atoms with Gasteiger partial charge in [-0.2, -0.15) is 0 Å². The lowest BCUT2D eigenvalue weighted by Gasteiger charge is -2.15. The summed E-state index contributed by atoms with van der Waals surface area (Å²) < 4.78 is 16.9. The molecule has 1 saturated heterocycles. The average molecular weight is 327 g/mol. The van der Waals surface area contributed by atoms with Gasteiger partial charge in [-0.05, 0) is 36.1 Å². The minimum absolute atomic E-state index is 0.210. The van der Waals surface area contributed by atoms with Crippen LogP contribution < -0.4 is 14.8 Å². The lowest BCUT2D eigenvalue weighted by molar-refractivity contribution is 0.0669. The number of ether oxygens (including phenoxy) is 3. The van der Waals surface area contributed by atoms with Crippen LogP contribution in [0.15, 0.2) is 48.5 Å². The second kappa shape index (κ2) is 8.71. The number of nitrogens with one attached hydrogen (secondary N) is 1. The Morgan fingerprint density at radius 1 is 1.04 bits per heavy atom. The van der Waals surface area contributed by atoms with Crippen molar-refractivity contribution in [3.8, 4) is 11.5 Å². The van der Waals surface area contributed by atoms with Crippen molar-refractivity contribution in [2.45, 2.75) is 32.0 Å².